The number of nitrogens with one attached hydrogen (secondary N) is 2. The number of H-pyrrole nitrogens is 1. The molecule has 0 amide bonds. The van der Waals surface area contributed by atoms with Gasteiger partial charge < -0.3 is 15.4 Å². The third-order valence-corrected chi connectivity index (χ3v) is 1.63. The minimum atomic E-state index is -0.780. The molecule has 0 bridgehead atoms. The molecule has 0 radical (unpaired) electrons. The molecule has 4 nitrogen and oxygen atoms in total. The molecule has 1 rings (SSSR count). The number of rotatable bonds is 4. The van der Waals surface area contributed by atoms with Gasteiger partial charge in [-0.15, -0.1) is 0 Å². The number of hydrogen-bond acceptors (Lipinski definition) is 2. The Morgan fingerprint density at radius 2 is 2.58 bits per heavy atom. The summed E-state index contributed by atoms with van der Waals surface area (Å²) in [5.74, 6) is -1.14. The van der Waals surface area contributed by atoms with Gasteiger partial charge in [-0.05, 0) is 6.07 Å². The van der Waals surface area contributed by atoms with Crippen LogP contribution in [0.4, 0.5) is 5.69 Å². The van der Waals surface area contributed by atoms with Crippen molar-refractivity contribution in [2.24, 2.45) is 5.92 Å². The van der Waals surface area contributed by atoms with E-state index in [9.17, 15) is 4.79 Å². The number of carboxylic acid groups (broad SMARTS) is 1. The summed E-state index contributed by atoms with van der Waals surface area (Å²) in [5, 5.41) is 11.6. The van der Waals surface area contributed by atoms with Crippen molar-refractivity contribution in [3.8, 4) is 0 Å². The van der Waals surface area contributed by atoms with Gasteiger partial charge >= 0.3 is 5.97 Å². The summed E-state index contributed by atoms with van der Waals surface area (Å²) < 4.78 is 0. The Hall–Kier alpha value is -1.45. The minimum absolute atomic E-state index is 0.361. The van der Waals surface area contributed by atoms with Crippen LogP contribution in [0.1, 0.15) is 6.92 Å². The summed E-state index contributed by atoms with van der Waals surface area (Å²) in [4.78, 5) is 13.3. The highest BCUT2D eigenvalue weighted by molar-refractivity contribution is 5.70. The highest BCUT2D eigenvalue weighted by Gasteiger charge is 2.09. The van der Waals surface area contributed by atoms with E-state index < -0.39 is 5.97 Å². The van der Waals surface area contributed by atoms with Gasteiger partial charge in [0.05, 0.1) is 11.6 Å². The molecule has 0 aliphatic carbocycles. The molecule has 1 unspecified atom stereocenters. The summed E-state index contributed by atoms with van der Waals surface area (Å²) in [6.45, 7) is 2.12. The third kappa shape index (κ3) is 2.30. The molecule has 0 fully saturated rings. The van der Waals surface area contributed by atoms with Gasteiger partial charge in [0.15, 0.2) is 0 Å². The quantitative estimate of drug-likeness (QED) is 0.631. The maximum absolute atomic E-state index is 10.4. The van der Waals surface area contributed by atoms with Crippen molar-refractivity contribution >= 4 is 11.7 Å². The highest BCUT2D eigenvalue weighted by atomic mass is 16.4. The number of carboxylic acids is 1. The molecular formula is C8H12N2O2. The maximum Gasteiger partial charge on any atom is 0.308 e. The predicted octanol–water partition coefficient (Wildman–Crippen LogP) is 1.15. The fourth-order valence-electron chi connectivity index (χ4n) is 0.792. The first kappa shape index (κ1) is 8.64. The average molecular weight is 168 g/mol. The van der Waals surface area contributed by atoms with Crippen LogP contribution in [0.25, 0.3) is 0 Å². The SMILES string of the molecule is CC(CNc1cc[nH]c1)C(=O)O. The number of aromatic nitrogens is 1. The fourth-order valence-corrected chi connectivity index (χ4v) is 0.792. The first-order valence-electron chi connectivity index (χ1n) is 3.79. The van der Waals surface area contributed by atoms with Crippen molar-refractivity contribution in [3.63, 3.8) is 0 Å². The lowest BCUT2D eigenvalue weighted by molar-refractivity contribution is -0.140. The largest absolute Gasteiger partial charge is 0.481 e. The van der Waals surface area contributed by atoms with E-state index in [1.807, 2.05) is 6.07 Å². The van der Waals surface area contributed by atoms with Gasteiger partial charge in [-0.2, -0.15) is 0 Å². The number of hydrogen-bond donors (Lipinski definition) is 3. The summed E-state index contributed by atoms with van der Waals surface area (Å²) in [6.07, 6.45) is 3.57. The van der Waals surface area contributed by atoms with Crippen LogP contribution in [0.5, 0.6) is 0 Å². The van der Waals surface area contributed by atoms with Crippen LogP contribution < -0.4 is 5.32 Å². The van der Waals surface area contributed by atoms with E-state index in [1.165, 1.54) is 0 Å². The normalized spacial score (nSPS) is 12.4. The number of anilines is 1. The Labute approximate surface area is 70.6 Å². The molecule has 0 aliphatic heterocycles. The zero-order chi connectivity index (χ0) is 8.97. The molecule has 1 heterocycles. The number of carbonyl (C=O) groups is 1. The van der Waals surface area contributed by atoms with Gasteiger partial charge in [-0.3, -0.25) is 4.79 Å². The lowest BCUT2D eigenvalue weighted by atomic mass is 10.2. The lowest BCUT2D eigenvalue weighted by Crippen LogP contribution is -2.19. The molecule has 0 aliphatic rings. The Balaban J connectivity index is 2.31. The van der Waals surface area contributed by atoms with E-state index in [2.05, 4.69) is 10.3 Å². The van der Waals surface area contributed by atoms with Crippen molar-refractivity contribution in [2.45, 2.75) is 6.92 Å². The van der Waals surface area contributed by atoms with E-state index in [1.54, 1.807) is 19.3 Å². The molecule has 0 aromatic carbocycles. The van der Waals surface area contributed by atoms with Crippen molar-refractivity contribution in [1.29, 1.82) is 0 Å². The molecule has 1 aromatic rings. The minimum Gasteiger partial charge on any atom is -0.481 e. The predicted molar refractivity (Wildman–Crippen MR) is 46.1 cm³/mol. The summed E-state index contributed by atoms with van der Waals surface area (Å²) in [7, 11) is 0. The van der Waals surface area contributed by atoms with Gasteiger partial charge in [0.25, 0.3) is 0 Å². The number of aliphatic carboxylic acids is 1. The summed E-state index contributed by atoms with van der Waals surface area (Å²) >= 11 is 0. The second-order valence-corrected chi connectivity index (χ2v) is 2.72. The van der Waals surface area contributed by atoms with E-state index in [0.29, 0.717) is 6.54 Å². The second-order valence-electron chi connectivity index (χ2n) is 2.72. The van der Waals surface area contributed by atoms with Crippen molar-refractivity contribution in [2.75, 3.05) is 11.9 Å². The van der Waals surface area contributed by atoms with Crippen LogP contribution in [0.3, 0.4) is 0 Å². The Morgan fingerprint density at radius 1 is 1.83 bits per heavy atom. The van der Waals surface area contributed by atoms with E-state index in [4.69, 9.17) is 5.11 Å². The van der Waals surface area contributed by atoms with E-state index >= 15 is 0 Å². The molecule has 66 valence electrons. The Bertz CT molecular complexity index is 244. The fraction of sp³-hybridized carbons (Fsp3) is 0.375. The molecule has 0 spiro atoms. The van der Waals surface area contributed by atoms with Crippen LogP contribution in [0.15, 0.2) is 18.5 Å². The van der Waals surface area contributed by atoms with Gasteiger partial charge in [0.2, 0.25) is 0 Å². The molecule has 4 heteroatoms. The van der Waals surface area contributed by atoms with Crippen molar-refractivity contribution < 1.29 is 9.90 Å². The van der Waals surface area contributed by atoms with Crippen LogP contribution in [-0.2, 0) is 4.79 Å². The van der Waals surface area contributed by atoms with Gasteiger partial charge in [-0.25, -0.2) is 0 Å². The maximum atomic E-state index is 10.4. The standard InChI is InChI=1S/C8H12N2O2/c1-6(8(11)12)4-10-7-2-3-9-5-7/h2-3,5-6,9-10H,4H2,1H3,(H,11,12). The molecule has 0 saturated carbocycles. The smallest absolute Gasteiger partial charge is 0.308 e. The summed E-state index contributed by atoms with van der Waals surface area (Å²) in [5.41, 5.74) is 0.920. The lowest BCUT2D eigenvalue weighted by Gasteiger charge is -2.06. The molecule has 1 atom stereocenters. The van der Waals surface area contributed by atoms with Crippen LogP contribution >= 0.6 is 0 Å². The molecular weight excluding hydrogens is 156 g/mol. The van der Waals surface area contributed by atoms with Crippen molar-refractivity contribution in [3.05, 3.63) is 18.5 Å². The monoisotopic (exact) mass is 168 g/mol. The molecule has 3 N–H and O–H groups in total. The van der Waals surface area contributed by atoms with Gasteiger partial charge in [0, 0.05) is 18.9 Å². The average Bonchev–Trinajstić information content (AvgIpc) is 2.51. The Morgan fingerprint density at radius 3 is 3.08 bits per heavy atom. The summed E-state index contributed by atoms with van der Waals surface area (Å²) in [6, 6.07) is 1.86. The first-order valence-corrected chi connectivity index (χ1v) is 3.79. The van der Waals surface area contributed by atoms with Crippen LogP contribution in [-0.4, -0.2) is 22.6 Å². The first-order chi connectivity index (χ1) is 5.70. The second kappa shape index (κ2) is 3.80. The van der Waals surface area contributed by atoms with Crippen LogP contribution in [0, 0.1) is 5.92 Å². The van der Waals surface area contributed by atoms with Gasteiger partial charge in [0.1, 0.15) is 0 Å². The zero-order valence-electron chi connectivity index (χ0n) is 6.87. The van der Waals surface area contributed by atoms with Crippen LogP contribution in [0.2, 0.25) is 0 Å². The van der Waals surface area contributed by atoms with Crippen molar-refractivity contribution in [1.82, 2.24) is 4.98 Å². The third-order valence-electron chi connectivity index (χ3n) is 1.63. The van der Waals surface area contributed by atoms with E-state index in [0.717, 1.165) is 5.69 Å². The van der Waals surface area contributed by atoms with Gasteiger partial charge in [-0.1, -0.05) is 6.92 Å². The topological polar surface area (TPSA) is 65.1 Å². The number of aromatic amines is 1. The molecule has 0 saturated heterocycles. The Kier molecular flexibility index (Phi) is 2.74. The molecule has 1 aromatic heterocycles. The van der Waals surface area contributed by atoms with E-state index in [-0.39, 0.29) is 5.92 Å². The highest BCUT2D eigenvalue weighted by Crippen LogP contribution is 2.04. The molecule has 12 heavy (non-hydrogen) atoms. The zero-order valence-corrected chi connectivity index (χ0v) is 6.87.